The van der Waals surface area contributed by atoms with Gasteiger partial charge in [-0.25, -0.2) is 0 Å². The predicted molar refractivity (Wildman–Crippen MR) is 77.8 cm³/mol. The van der Waals surface area contributed by atoms with Gasteiger partial charge in [-0.2, -0.15) is 0 Å². The lowest BCUT2D eigenvalue weighted by Gasteiger charge is -2.30. The molecule has 0 aromatic heterocycles. The third-order valence-electron chi connectivity index (χ3n) is 3.53. The van der Waals surface area contributed by atoms with Crippen LogP contribution in [0.3, 0.4) is 0 Å². The molecule has 0 aliphatic carbocycles. The zero-order chi connectivity index (χ0) is 15.0. The maximum absolute atomic E-state index is 12.4. The number of carbonyl (C=O) groups excluding carboxylic acids is 2. The van der Waals surface area contributed by atoms with Gasteiger partial charge in [0.05, 0.1) is 12.5 Å². The molecule has 2 atom stereocenters. The molecule has 0 spiro atoms. The summed E-state index contributed by atoms with van der Waals surface area (Å²) in [7, 11) is 0. The molecule has 0 aliphatic rings. The van der Waals surface area contributed by atoms with Crippen molar-refractivity contribution in [1.82, 2.24) is 0 Å². The van der Waals surface area contributed by atoms with Gasteiger partial charge in [-0.05, 0) is 25.2 Å². The second-order valence-electron chi connectivity index (χ2n) is 5.86. The van der Waals surface area contributed by atoms with Crippen molar-refractivity contribution in [2.24, 2.45) is 23.7 Å². The van der Waals surface area contributed by atoms with Gasteiger partial charge in [0, 0.05) is 12.3 Å². The van der Waals surface area contributed by atoms with E-state index in [-0.39, 0.29) is 35.4 Å². The zero-order valence-corrected chi connectivity index (χ0v) is 13.4. The quantitative estimate of drug-likeness (QED) is 0.598. The number of carbonyl (C=O) groups is 2. The Morgan fingerprint density at radius 3 is 1.84 bits per heavy atom. The minimum Gasteiger partial charge on any atom is -0.466 e. The average molecular weight is 270 g/mol. The molecular formula is C16H30O3. The summed E-state index contributed by atoms with van der Waals surface area (Å²) in [5, 5.41) is 0. The number of Topliss-reactive ketones (excluding diaryl/α,β-unsaturated/α-hetero) is 1. The Bertz CT molecular complexity index is 282. The van der Waals surface area contributed by atoms with Crippen molar-refractivity contribution in [1.29, 1.82) is 0 Å². The van der Waals surface area contributed by atoms with Crippen LogP contribution in [-0.4, -0.2) is 18.4 Å². The number of ketones is 1. The first kappa shape index (κ1) is 18.1. The minimum atomic E-state index is -0.315. The number of esters is 1. The molecule has 0 saturated carbocycles. The maximum atomic E-state index is 12.4. The summed E-state index contributed by atoms with van der Waals surface area (Å²) in [6, 6.07) is 0. The molecule has 0 heterocycles. The lowest BCUT2D eigenvalue weighted by molar-refractivity contribution is -0.155. The Morgan fingerprint density at radius 1 is 0.947 bits per heavy atom. The van der Waals surface area contributed by atoms with Crippen LogP contribution in [0.2, 0.25) is 0 Å². The smallest absolute Gasteiger partial charge is 0.309 e. The van der Waals surface area contributed by atoms with Gasteiger partial charge < -0.3 is 4.74 Å². The van der Waals surface area contributed by atoms with Crippen LogP contribution in [0.25, 0.3) is 0 Å². The molecule has 0 amide bonds. The first-order valence-corrected chi connectivity index (χ1v) is 7.56. The number of hydrogen-bond donors (Lipinski definition) is 0. The van der Waals surface area contributed by atoms with Gasteiger partial charge in [-0.1, -0.05) is 41.0 Å². The van der Waals surface area contributed by atoms with Crippen LogP contribution in [-0.2, 0) is 14.3 Å². The van der Waals surface area contributed by atoms with Crippen LogP contribution in [0, 0.1) is 23.7 Å². The highest BCUT2D eigenvalue weighted by atomic mass is 16.5. The van der Waals surface area contributed by atoms with Gasteiger partial charge in [-0.15, -0.1) is 0 Å². The minimum absolute atomic E-state index is 0.122. The van der Waals surface area contributed by atoms with E-state index in [0.29, 0.717) is 13.0 Å². The summed E-state index contributed by atoms with van der Waals surface area (Å²) in [4.78, 5) is 24.5. The molecule has 0 saturated heterocycles. The van der Waals surface area contributed by atoms with E-state index in [1.54, 1.807) is 6.92 Å². The van der Waals surface area contributed by atoms with Gasteiger partial charge in [0.15, 0.2) is 0 Å². The van der Waals surface area contributed by atoms with Gasteiger partial charge in [0.2, 0.25) is 0 Å². The van der Waals surface area contributed by atoms with Gasteiger partial charge in [-0.3, -0.25) is 9.59 Å². The van der Waals surface area contributed by atoms with E-state index in [1.807, 2.05) is 27.7 Å². The molecule has 2 unspecified atom stereocenters. The Kier molecular flexibility index (Phi) is 8.70. The Morgan fingerprint density at radius 2 is 1.47 bits per heavy atom. The molecule has 0 N–H and O–H groups in total. The van der Waals surface area contributed by atoms with Crippen molar-refractivity contribution in [2.75, 3.05) is 6.61 Å². The molecule has 19 heavy (non-hydrogen) atoms. The summed E-state index contributed by atoms with van der Waals surface area (Å²) in [5.41, 5.74) is 0. The van der Waals surface area contributed by atoms with Crippen LogP contribution in [0.15, 0.2) is 0 Å². The second kappa shape index (κ2) is 9.11. The second-order valence-corrected chi connectivity index (χ2v) is 5.86. The largest absolute Gasteiger partial charge is 0.466 e. The van der Waals surface area contributed by atoms with Crippen LogP contribution in [0.4, 0.5) is 0 Å². The lowest BCUT2D eigenvalue weighted by atomic mass is 9.74. The van der Waals surface area contributed by atoms with Crippen molar-refractivity contribution in [3.05, 3.63) is 0 Å². The van der Waals surface area contributed by atoms with Gasteiger partial charge in [0.25, 0.3) is 0 Å². The third-order valence-corrected chi connectivity index (χ3v) is 3.53. The summed E-state index contributed by atoms with van der Waals surface area (Å²) >= 11 is 0. The van der Waals surface area contributed by atoms with Gasteiger partial charge in [0.1, 0.15) is 5.78 Å². The van der Waals surface area contributed by atoms with Crippen molar-refractivity contribution < 1.29 is 14.3 Å². The first-order valence-electron chi connectivity index (χ1n) is 7.56. The molecule has 0 aromatic rings. The van der Waals surface area contributed by atoms with Crippen LogP contribution >= 0.6 is 0 Å². The fraction of sp³-hybridized carbons (Fsp3) is 0.875. The van der Waals surface area contributed by atoms with E-state index in [1.165, 1.54) is 0 Å². The van der Waals surface area contributed by atoms with Crippen LogP contribution in [0.1, 0.15) is 60.8 Å². The third kappa shape index (κ3) is 5.75. The highest BCUT2D eigenvalue weighted by molar-refractivity contribution is 5.87. The monoisotopic (exact) mass is 270 g/mol. The van der Waals surface area contributed by atoms with Gasteiger partial charge >= 0.3 is 5.97 Å². The number of hydrogen-bond acceptors (Lipinski definition) is 3. The average Bonchev–Trinajstić information content (AvgIpc) is 2.31. The summed E-state index contributed by atoms with van der Waals surface area (Å²) in [6.45, 7) is 12.3. The number of rotatable bonds is 9. The van der Waals surface area contributed by atoms with E-state index in [9.17, 15) is 9.59 Å². The van der Waals surface area contributed by atoms with E-state index in [2.05, 4.69) is 6.92 Å². The molecule has 112 valence electrons. The van der Waals surface area contributed by atoms with Crippen molar-refractivity contribution in [2.45, 2.75) is 60.8 Å². The Balaban J connectivity index is 5.07. The molecular weight excluding hydrogens is 240 g/mol. The highest BCUT2D eigenvalue weighted by Crippen LogP contribution is 2.31. The molecule has 0 bridgehead atoms. The fourth-order valence-corrected chi connectivity index (χ4v) is 2.58. The van der Waals surface area contributed by atoms with E-state index >= 15 is 0 Å². The lowest BCUT2D eigenvalue weighted by Crippen LogP contribution is -2.38. The zero-order valence-electron chi connectivity index (χ0n) is 13.4. The maximum Gasteiger partial charge on any atom is 0.309 e. The molecule has 0 aliphatic heterocycles. The Hall–Kier alpha value is -0.860. The molecule has 0 fully saturated rings. The van der Waals surface area contributed by atoms with Crippen molar-refractivity contribution in [3.8, 4) is 0 Å². The first-order chi connectivity index (χ1) is 8.86. The standard InChI is InChI=1S/C16H30O3/c1-7-9-10-13(17)14(11(3)4)15(12(5)6)16(18)19-8-2/h11-12,14-15H,7-10H2,1-6H3. The molecule has 3 nitrogen and oxygen atoms in total. The highest BCUT2D eigenvalue weighted by Gasteiger charge is 2.38. The summed E-state index contributed by atoms with van der Waals surface area (Å²) in [5.74, 6) is -0.252. The van der Waals surface area contributed by atoms with Crippen LogP contribution < -0.4 is 0 Å². The molecule has 0 aromatic carbocycles. The van der Waals surface area contributed by atoms with E-state index in [0.717, 1.165) is 12.8 Å². The van der Waals surface area contributed by atoms with Crippen LogP contribution in [0.5, 0.6) is 0 Å². The number of unbranched alkanes of at least 4 members (excludes halogenated alkanes) is 1. The Labute approximate surface area is 118 Å². The summed E-state index contributed by atoms with van der Waals surface area (Å²) < 4.78 is 5.16. The normalized spacial score (nSPS) is 14.5. The molecule has 0 rings (SSSR count). The predicted octanol–water partition coefficient (Wildman–Crippen LogP) is 3.85. The van der Waals surface area contributed by atoms with Crippen molar-refractivity contribution >= 4 is 11.8 Å². The SMILES string of the molecule is CCCCC(=O)C(C(C)C)C(C(=O)OCC)C(C)C. The number of ether oxygens (including phenoxy) is 1. The fourth-order valence-electron chi connectivity index (χ4n) is 2.58. The summed E-state index contributed by atoms with van der Waals surface area (Å²) in [6.07, 6.45) is 2.47. The molecule has 3 heteroatoms. The molecule has 0 radical (unpaired) electrons. The topological polar surface area (TPSA) is 43.4 Å². The van der Waals surface area contributed by atoms with E-state index in [4.69, 9.17) is 4.74 Å². The van der Waals surface area contributed by atoms with E-state index < -0.39 is 0 Å². The van der Waals surface area contributed by atoms with Crippen molar-refractivity contribution in [3.63, 3.8) is 0 Å².